The van der Waals surface area contributed by atoms with E-state index in [0.717, 1.165) is 40.2 Å². The van der Waals surface area contributed by atoms with Crippen molar-refractivity contribution in [3.8, 4) is 17.5 Å². The van der Waals surface area contributed by atoms with Crippen LogP contribution in [0.15, 0.2) is 30.6 Å². The van der Waals surface area contributed by atoms with Crippen molar-refractivity contribution in [3.63, 3.8) is 0 Å². The number of aromatic amines is 1. The van der Waals surface area contributed by atoms with Crippen molar-refractivity contribution in [1.82, 2.24) is 20.2 Å². The second-order valence-electron chi connectivity index (χ2n) is 8.60. The Kier molecular flexibility index (Phi) is 5.08. The Labute approximate surface area is 180 Å². The molecule has 0 unspecified atom stereocenters. The summed E-state index contributed by atoms with van der Waals surface area (Å²) in [6, 6.07) is 8.72. The minimum Gasteiger partial charge on any atom is -0.393 e. The van der Waals surface area contributed by atoms with Crippen LogP contribution in [-0.4, -0.2) is 57.2 Å². The van der Waals surface area contributed by atoms with Crippen LogP contribution in [0.25, 0.3) is 22.3 Å². The molecule has 2 fully saturated rings. The SMILES string of the molecule is C[C@@H]1COCCN1c1cc(C2(C#N)CCC(O)CC2)c2ccnc(-c3ccn[nH]3)c2n1. The molecule has 2 aliphatic rings. The van der Waals surface area contributed by atoms with Gasteiger partial charge in [-0.25, -0.2) is 4.98 Å². The Morgan fingerprint density at radius 1 is 1.29 bits per heavy atom. The van der Waals surface area contributed by atoms with E-state index in [9.17, 15) is 10.4 Å². The number of ether oxygens (including phenoxy) is 1. The summed E-state index contributed by atoms with van der Waals surface area (Å²) in [5, 5.41) is 28.4. The molecule has 2 N–H and O–H groups in total. The first kappa shape index (κ1) is 19.9. The molecule has 1 saturated heterocycles. The van der Waals surface area contributed by atoms with Gasteiger partial charge >= 0.3 is 0 Å². The second kappa shape index (κ2) is 7.91. The summed E-state index contributed by atoms with van der Waals surface area (Å²) < 4.78 is 5.63. The minimum absolute atomic E-state index is 0.185. The monoisotopic (exact) mass is 418 g/mol. The zero-order valence-corrected chi connectivity index (χ0v) is 17.6. The van der Waals surface area contributed by atoms with E-state index in [0.29, 0.717) is 38.9 Å². The number of nitrogens with one attached hydrogen (secondary N) is 1. The second-order valence-corrected chi connectivity index (χ2v) is 8.60. The zero-order chi connectivity index (χ0) is 21.4. The Balaban J connectivity index is 1.75. The van der Waals surface area contributed by atoms with Crippen LogP contribution in [0, 0.1) is 11.3 Å². The highest BCUT2D eigenvalue weighted by Gasteiger charge is 2.39. The molecule has 0 spiro atoms. The van der Waals surface area contributed by atoms with Crippen LogP contribution >= 0.6 is 0 Å². The number of rotatable bonds is 3. The lowest BCUT2D eigenvalue weighted by Crippen LogP contribution is -2.44. The number of H-pyrrole nitrogens is 1. The number of nitriles is 1. The molecule has 3 aromatic heterocycles. The van der Waals surface area contributed by atoms with Crippen molar-refractivity contribution in [2.45, 2.75) is 50.2 Å². The van der Waals surface area contributed by atoms with Gasteiger partial charge in [0, 0.05) is 24.3 Å². The van der Waals surface area contributed by atoms with Gasteiger partial charge in [0.15, 0.2) is 0 Å². The Hall–Kier alpha value is -3.02. The lowest BCUT2D eigenvalue weighted by Gasteiger charge is -2.37. The number of hydrogen-bond acceptors (Lipinski definition) is 7. The van der Waals surface area contributed by atoms with E-state index in [-0.39, 0.29) is 12.1 Å². The highest BCUT2D eigenvalue weighted by atomic mass is 16.5. The third kappa shape index (κ3) is 3.44. The van der Waals surface area contributed by atoms with Crippen molar-refractivity contribution in [2.75, 3.05) is 24.7 Å². The molecule has 4 heterocycles. The Morgan fingerprint density at radius 3 is 2.84 bits per heavy atom. The summed E-state index contributed by atoms with van der Waals surface area (Å²) in [7, 11) is 0. The van der Waals surface area contributed by atoms with E-state index in [4.69, 9.17) is 9.72 Å². The van der Waals surface area contributed by atoms with E-state index >= 15 is 0 Å². The maximum absolute atomic E-state index is 10.3. The lowest BCUT2D eigenvalue weighted by atomic mass is 9.69. The number of fused-ring (bicyclic) bond motifs is 1. The quantitative estimate of drug-likeness (QED) is 0.673. The average Bonchev–Trinajstić information content (AvgIpc) is 3.34. The minimum atomic E-state index is -0.655. The van der Waals surface area contributed by atoms with E-state index < -0.39 is 5.41 Å². The number of aliphatic hydroxyl groups is 1. The van der Waals surface area contributed by atoms with Crippen molar-refractivity contribution in [3.05, 3.63) is 36.2 Å². The van der Waals surface area contributed by atoms with Gasteiger partial charge in [-0.2, -0.15) is 10.4 Å². The van der Waals surface area contributed by atoms with Gasteiger partial charge < -0.3 is 14.7 Å². The van der Waals surface area contributed by atoms with Crippen LogP contribution in [-0.2, 0) is 10.2 Å². The molecule has 0 radical (unpaired) electrons. The van der Waals surface area contributed by atoms with Crippen molar-refractivity contribution >= 4 is 16.7 Å². The molecule has 160 valence electrons. The van der Waals surface area contributed by atoms with Crippen LogP contribution < -0.4 is 4.90 Å². The molecule has 0 bridgehead atoms. The molecule has 8 nitrogen and oxygen atoms in total. The molecule has 1 aliphatic carbocycles. The summed E-state index contributed by atoms with van der Waals surface area (Å²) in [5.74, 6) is 0.841. The lowest BCUT2D eigenvalue weighted by molar-refractivity contribution is 0.0984. The number of anilines is 1. The van der Waals surface area contributed by atoms with Gasteiger partial charge in [0.1, 0.15) is 17.0 Å². The molecule has 0 amide bonds. The number of aromatic nitrogens is 4. The maximum atomic E-state index is 10.3. The predicted molar refractivity (Wildman–Crippen MR) is 117 cm³/mol. The molecular weight excluding hydrogens is 392 g/mol. The standard InChI is InChI=1S/C23H26N6O2/c1-15-13-31-11-10-29(15)20-12-18(23(14-24)6-2-16(30)3-7-23)17-4-8-25-22(21(17)27-20)19-5-9-26-28-19/h4-5,8-9,12,15-16,30H,2-3,6-7,10-11,13H2,1H3,(H,26,28)/t15-,16?,23?/m1/s1. The highest BCUT2D eigenvalue weighted by molar-refractivity contribution is 5.94. The smallest absolute Gasteiger partial charge is 0.130 e. The Morgan fingerprint density at radius 2 is 2.13 bits per heavy atom. The molecule has 0 aromatic carbocycles. The van der Waals surface area contributed by atoms with Crippen LogP contribution in [0.4, 0.5) is 5.82 Å². The first-order valence-electron chi connectivity index (χ1n) is 10.8. The van der Waals surface area contributed by atoms with Crippen molar-refractivity contribution < 1.29 is 9.84 Å². The topological polar surface area (TPSA) is 111 Å². The zero-order valence-electron chi connectivity index (χ0n) is 17.6. The third-order valence-electron chi connectivity index (χ3n) is 6.67. The van der Waals surface area contributed by atoms with Gasteiger partial charge in [-0.05, 0) is 56.4 Å². The van der Waals surface area contributed by atoms with Gasteiger partial charge in [0.05, 0.1) is 42.5 Å². The normalized spacial score (nSPS) is 26.7. The summed E-state index contributed by atoms with van der Waals surface area (Å²) >= 11 is 0. The summed E-state index contributed by atoms with van der Waals surface area (Å²) in [6.45, 7) is 4.17. The highest BCUT2D eigenvalue weighted by Crippen LogP contribution is 2.44. The van der Waals surface area contributed by atoms with Gasteiger partial charge in [0.25, 0.3) is 0 Å². The largest absolute Gasteiger partial charge is 0.393 e. The number of aliphatic hydroxyl groups excluding tert-OH is 1. The van der Waals surface area contributed by atoms with Gasteiger partial charge in [-0.1, -0.05) is 0 Å². The average molecular weight is 419 g/mol. The van der Waals surface area contributed by atoms with E-state index in [1.165, 1.54) is 0 Å². The van der Waals surface area contributed by atoms with Gasteiger partial charge in [-0.3, -0.25) is 10.1 Å². The van der Waals surface area contributed by atoms with Crippen LogP contribution in [0.2, 0.25) is 0 Å². The molecule has 31 heavy (non-hydrogen) atoms. The predicted octanol–water partition coefficient (Wildman–Crippen LogP) is 2.94. The first-order chi connectivity index (χ1) is 15.1. The molecule has 8 heteroatoms. The summed E-state index contributed by atoms with van der Waals surface area (Å²) in [6.07, 6.45) is 5.63. The Bertz CT molecular complexity index is 1120. The van der Waals surface area contributed by atoms with Crippen LogP contribution in [0.5, 0.6) is 0 Å². The number of morpholine rings is 1. The number of hydrogen-bond donors (Lipinski definition) is 2. The molecule has 5 rings (SSSR count). The molecule has 3 aromatic rings. The fourth-order valence-electron chi connectivity index (χ4n) is 4.87. The number of nitrogens with zero attached hydrogens (tertiary/aromatic N) is 5. The number of pyridine rings is 2. The molecule has 1 atom stereocenters. The van der Waals surface area contributed by atoms with E-state index in [1.54, 1.807) is 12.4 Å². The van der Waals surface area contributed by atoms with Crippen LogP contribution in [0.3, 0.4) is 0 Å². The third-order valence-corrected chi connectivity index (χ3v) is 6.67. The summed E-state index contributed by atoms with van der Waals surface area (Å²) in [5.41, 5.74) is 2.60. The van der Waals surface area contributed by atoms with E-state index in [1.807, 2.05) is 12.1 Å². The van der Waals surface area contributed by atoms with E-state index in [2.05, 4.69) is 39.1 Å². The van der Waals surface area contributed by atoms with Gasteiger partial charge in [-0.15, -0.1) is 0 Å². The van der Waals surface area contributed by atoms with Gasteiger partial charge in [0.2, 0.25) is 0 Å². The van der Waals surface area contributed by atoms with Crippen LogP contribution in [0.1, 0.15) is 38.2 Å². The first-order valence-corrected chi connectivity index (χ1v) is 10.8. The fraction of sp³-hybridized carbons (Fsp3) is 0.478. The molecule has 1 aliphatic heterocycles. The van der Waals surface area contributed by atoms with Crippen molar-refractivity contribution in [1.29, 1.82) is 5.26 Å². The van der Waals surface area contributed by atoms with Crippen molar-refractivity contribution in [2.24, 2.45) is 0 Å². The molecule has 1 saturated carbocycles. The molecular formula is C23H26N6O2. The summed E-state index contributed by atoms with van der Waals surface area (Å²) in [4.78, 5) is 11.9. The fourth-order valence-corrected chi connectivity index (χ4v) is 4.87. The maximum Gasteiger partial charge on any atom is 0.130 e.